The van der Waals surface area contributed by atoms with Gasteiger partial charge in [0.15, 0.2) is 5.82 Å². The van der Waals surface area contributed by atoms with Gasteiger partial charge in [0.25, 0.3) is 0 Å². The number of anilines is 1. The first-order valence-corrected chi connectivity index (χ1v) is 10.2. The molecule has 1 aromatic heterocycles. The van der Waals surface area contributed by atoms with Gasteiger partial charge in [0.05, 0.1) is 10.0 Å². The highest BCUT2D eigenvalue weighted by atomic mass is 79.9. The summed E-state index contributed by atoms with van der Waals surface area (Å²) in [6.07, 6.45) is 1.16. The monoisotopic (exact) mass is 472 g/mol. The van der Waals surface area contributed by atoms with Crippen molar-refractivity contribution in [3.8, 4) is 0 Å². The van der Waals surface area contributed by atoms with Crippen LogP contribution >= 0.6 is 27.5 Å². The minimum atomic E-state index is -0.573. The molecule has 152 valence electrons. The van der Waals surface area contributed by atoms with Crippen molar-refractivity contribution in [1.82, 2.24) is 15.3 Å². The zero-order valence-corrected chi connectivity index (χ0v) is 18.6. The summed E-state index contributed by atoms with van der Waals surface area (Å²) in [4.78, 5) is 22.7. The number of ether oxygens (including phenoxy) is 1. The Morgan fingerprint density at radius 2 is 2.11 bits per heavy atom. The Morgan fingerprint density at radius 3 is 2.79 bits per heavy atom. The lowest BCUT2D eigenvalue weighted by Crippen LogP contribution is -2.57. The number of carbonyl (C=O) groups is 1. The van der Waals surface area contributed by atoms with Gasteiger partial charge in [-0.1, -0.05) is 0 Å². The van der Waals surface area contributed by atoms with E-state index >= 15 is 0 Å². The SMILES string of the molecule is CC1(NC(=O)OC(C)(C)C)CCCN(c2nc(Cl)nc3c(F)c(Br)ccc23)C1. The van der Waals surface area contributed by atoms with Crippen molar-refractivity contribution in [2.75, 3.05) is 18.0 Å². The molecular weight excluding hydrogens is 451 g/mol. The Hall–Kier alpha value is -1.67. The Morgan fingerprint density at radius 1 is 1.39 bits per heavy atom. The Kier molecular flexibility index (Phi) is 5.74. The number of amides is 1. The number of halogens is 3. The van der Waals surface area contributed by atoms with Gasteiger partial charge in [0.2, 0.25) is 5.28 Å². The molecule has 1 aromatic carbocycles. The molecule has 0 spiro atoms. The fourth-order valence-corrected chi connectivity index (χ4v) is 3.89. The van der Waals surface area contributed by atoms with Crippen LogP contribution in [-0.4, -0.2) is 40.3 Å². The van der Waals surface area contributed by atoms with Gasteiger partial charge in [0, 0.05) is 18.5 Å². The fraction of sp³-hybridized carbons (Fsp3) is 0.526. The number of nitrogens with zero attached hydrogens (tertiary/aromatic N) is 3. The number of aromatic nitrogens is 2. The lowest BCUT2D eigenvalue weighted by Gasteiger charge is -2.41. The van der Waals surface area contributed by atoms with Crippen LogP contribution in [0.4, 0.5) is 15.0 Å². The number of fused-ring (bicyclic) bond motifs is 1. The molecule has 0 radical (unpaired) electrons. The van der Waals surface area contributed by atoms with Crippen molar-refractivity contribution >= 4 is 50.3 Å². The van der Waals surface area contributed by atoms with Crippen molar-refractivity contribution < 1.29 is 13.9 Å². The Bertz CT molecular complexity index is 921. The number of piperidine rings is 1. The molecule has 0 aliphatic carbocycles. The second-order valence-corrected chi connectivity index (χ2v) is 9.48. The molecule has 6 nitrogen and oxygen atoms in total. The fourth-order valence-electron chi connectivity index (χ4n) is 3.41. The number of nitrogens with one attached hydrogen (secondary N) is 1. The summed E-state index contributed by atoms with van der Waals surface area (Å²) in [6, 6.07) is 3.39. The number of alkyl carbamates (subject to hydrolysis) is 1. The van der Waals surface area contributed by atoms with Crippen LogP contribution in [0.15, 0.2) is 16.6 Å². The zero-order valence-electron chi connectivity index (χ0n) is 16.3. The van der Waals surface area contributed by atoms with E-state index in [1.165, 1.54) is 0 Å². The molecule has 0 bridgehead atoms. The van der Waals surface area contributed by atoms with E-state index in [1.54, 1.807) is 12.1 Å². The molecule has 0 saturated carbocycles. The van der Waals surface area contributed by atoms with E-state index in [-0.39, 0.29) is 10.8 Å². The molecule has 1 aliphatic heterocycles. The molecule has 1 N–H and O–H groups in total. The molecule has 3 rings (SSSR count). The van der Waals surface area contributed by atoms with Crippen molar-refractivity contribution in [2.24, 2.45) is 0 Å². The summed E-state index contributed by atoms with van der Waals surface area (Å²) in [7, 11) is 0. The quantitative estimate of drug-likeness (QED) is 0.617. The zero-order chi connectivity index (χ0) is 20.7. The van der Waals surface area contributed by atoms with E-state index in [0.717, 1.165) is 12.8 Å². The van der Waals surface area contributed by atoms with Gasteiger partial charge in [-0.3, -0.25) is 0 Å². The van der Waals surface area contributed by atoms with E-state index in [2.05, 4.69) is 31.2 Å². The maximum absolute atomic E-state index is 14.5. The van der Waals surface area contributed by atoms with Gasteiger partial charge >= 0.3 is 6.09 Å². The topological polar surface area (TPSA) is 67.3 Å². The molecule has 1 saturated heterocycles. The van der Waals surface area contributed by atoms with E-state index in [9.17, 15) is 9.18 Å². The van der Waals surface area contributed by atoms with Gasteiger partial charge in [-0.05, 0) is 80.2 Å². The first kappa shape index (κ1) is 21.0. The van der Waals surface area contributed by atoms with Crippen LogP contribution in [0.3, 0.4) is 0 Å². The normalized spacial score (nSPS) is 20.3. The van der Waals surface area contributed by atoms with E-state index < -0.39 is 23.1 Å². The van der Waals surface area contributed by atoms with Gasteiger partial charge in [-0.15, -0.1) is 0 Å². The van der Waals surface area contributed by atoms with Crippen molar-refractivity contribution in [3.63, 3.8) is 0 Å². The van der Waals surface area contributed by atoms with Crippen LogP contribution in [0.25, 0.3) is 10.9 Å². The second-order valence-electron chi connectivity index (χ2n) is 8.29. The average molecular weight is 474 g/mol. The maximum Gasteiger partial charge on any atom is 0.408 e. The molecule has 9 heteroatoms. The summed E-state index contributed by atoms with van der Waals surface area (Å²) >= 11 is 9.25. The Balaban J connectivity index is 1.90. The van der Waals surface area contributed by atoms with Gasteiger partial charge < -0.3 is 15.0 Å². The van der Waals surface area contributed by atoms with E-state index in [4.69, 9.17) is 16.3 Å². The van der Waals surface area contributed by atoms with Crippen LogP contribution in [0, 0.1) is 5.82 Å². The first-order chi connectivity index (χ1) is 13.0. The highest BCUT2D eigenvalue weighted by molar-refractivity contribution is 9.10. The van der Waals surface area contributed by atoms with Gasteiger partial charge in [-0.25, -0.2) is 14.2 Å². The first-order valence-electron chi connectivity index (χ1n) is 9.05. The summed E-state index contributed by atoms with van der Waals surface area (Å²) in [6.45, 7) is 8.64. The molecule has 1 unspecified atom stereocenters. The second kappa shape index (κ2) is 7.63. The largest absolute Gasteiger partial charge is 0.444 e. The van der Waals surface area contributed by atoms with Crippen LogP contribution < -0.4 is 10.2 Å². The molecular formula is C19H23BrClFN4O2. The summed E-state index contributed by atoms with van der Waals surface area (Å²) in [5.74, 6) is 0.0769. The van der Waals surface area contributed by atoms with Crippen LogP contribution in [0.2, 0.25) is 5.28 Å². The number of benzene rings is 1. The lowest BCUT2D eigenvalue weighted by molar-refractivity contribution is 0.0454. The third kappa shape index (κ3) is 4.66. The molecule has 1 atom stereocenters. The summed E-state index contributed by atoms with van der Waals surface area (Å²) in [5.41, 5.74) is -0.925. The van der Waals surface area contributed by atoms with Crippen LogP contribution in [0.5, 0.6) is 0 Å². The predicted molar refractivity (Wildman–Crippen MR) is 111 cm³/mol. The van der Waals surface area contributed by atoms with Crippen molar-refractivity contribution in [1.29, 1.82) is 0 Å². The third-order valence-corrected chi connectivity index (χ3v) is 5.29. The highest BCUT2D eigenvalue weighted by Crippen LogP contribution is 2.33. The van der Waals surface area contributed by atoms with Crippen molar-refractivity contribution in [3.05, 3.63) is 27.7 Å². The predicted octanol–water partition coefficient (Wildman–Crippen LogP) is 5.07. The lowest BCUT2D eigenvalue weighted by atomic mass is 9.91. The van der Waals surface area contributed by atoms with Crippen LogP contribution in [0.1, 0.15) is 40.5 Å². The average Bonchev–Trinajstić information content (AvgIpc) is 2.55. The molecule has 1 amide bonds. The smallest absolute Gasteiger partial charge is 0.408 e. The van der Waals surface area contributed by atoms with Crippen molar-refractivity contribution in [2.45, 2.75) is 51.7 Å². The standard InChI is InChI=1S/C19H23BrClFN4O2/c1-18(2,3)28-17(27)25-19(4)8-5-9-26(10-19)15-11-6-7-12(20)13(22)14(11)23-16(21)24-15/h6-7H,5,8-10H2,1-4H3,(H,25,27). The van der Waals surface area contributed by atoms with Gasteiger partial charge in [0.1, 0.15) is 16.9 Å². The molecule has 1 fully saturated rings. The van der Waals surface area contributed by atoms with E-state index in [1.807, 2.05) is 32.6 Å². The van der Waals surface area contributed by atoms with Gasteiger partial charge in [-0.2, -0.15) is 4.98 Å². The highest BCUT2D eigenvalue weighted by Gasteiger charge is 2.35. The number of carbonyl (C=O) groups excluding carboxylic acids is 1. The van der Waals surface area contributed by atoms with Crippen LogP contribution in [-0.2, 0) is 4.74 Å². The molecule has 2 heterocycles. The summed E-state index contributed by atoms with van der Waals surface area (Å²) < 4.78 is 20.2. The third-order valence-electron chi connectivity index (χ3n) is 4.51. The molecule has 28 heavy (non-hydrogen) atoms. The maximum atomic E-state index is 14.5. The number of rotatable bonds is 2. The number of hydrogen-bond acceptors (Lipinski definition) is 5. The minimum Gasteiger partial charge on any atom is -0.444 e. The molecule has 1 aliphatic rings. The minimum absolute atomic E-state index is 0.0214. The molecule has 2 aromatic rings. The summed E-state index contributed by atoms with van der Waals surface area (Å²) in [5, 5.41) is 3.53. The van der Waals surface area contributed by atoms with E-state index in [0.29, 0.717) is 28.8 Å². The Labute approximate surface area is 176 Å². The number of hydrogen-bond donors (Lipinski definition) is 1.